The van der Waals surface area contributed by atoms with E-state index in [4.69, 9.17) is 23.2 Å². The number of amides is 1. The lowest BCUT2D eigenvalue weighted by Crippen LogP contribution is -2.12. The lowest BCUT2D eigenvalue weighted by atomic mass is 10.2. The summed E-state index contributed by atoms with van der Waals surface area (Å²) in [6.45, 7) is 0. The number of thiazole rings is 1. The number of aryl methyl sites for hydroxylation is 1. The molecule has 1 N–H and O–H groups in total. The van der Waals surface area contributed by atoms with Crippen LogP contribution in [0.25, 0.3) is 10.6 Å². The van der Waals surface area contributed by atoms with Gasteiger partial charge in [0.15, 0.2) is 0 Å². The fourth-order valence-electron chi connectivity index (χ4n) is 2.15. The van der Waals surface area contributed by atoms with Crippen molar-refractivity contribution >= 4 is 46.1 Å². The van der Waals surface area contributed by atoms with E-state index in [1.165, 1.54) is 34.5 Å². The normalized spacial score (nSPS) is 11.1. The molecule has 2 aromatic heterocycles. The molecule has 0 aliphatic carbocycles. The van der Waals surface area contributed by atoms with Gasteiger partial charge in [0.1, 0.15) is 16.4 Å². The molecule has 0 spiro atoms. The van der Waals surface area contributed by atoms with Gasteiger partial charge in [-0.15, -0.1) is 11.3 Å². The van der Waals surface area contributed by atoms with Gasteiger partial charge in [0.05, 0.1) is 5.56 Å². The SMILES string of the molecule is Cn1cc(-c2nc(C(=O)Nc3cc(Cl)cc(Cl)c3)cs2)c(C(F)F)n1. The summed E-state index contributed by atoms with van der Waals surface area (Å²) in [5.74, 6) is -0.497. The van der Waals surface area contributed by atoms with Gasteiger partial charge in [-0.2, -0.15) is 5.10 Å². The Morgan fingerprint density at radius 1 is 1.28 bits per heavy atom. The molecule has 0 atom stereocenters. The summed E-state index contributed by atoms with van der Waals surface area (Å²) in [6, 6.07) is 4.61. The Labute approximate surface area is 155 Å². The van der Waals surface area contributed by atoms with Crippen LogP contribution in [-0.2, 0) is 7.05 Å². The molecule has 0 aliphatic heterocycles. The first-order valence-electron chi connectivity index (χ1n) is 6.88. The minimum Gasteiger partial charge on any atom is -0.321 e. The van der Waals surface area contributed by atoms with Crippen molar-refractivity contribution in [2.24, 2.45) is 7.05 Å². The molecule has 25 heavy (non-hydrogen) atoms. The lowest BCUT2D eigenvalue weighted by molar-refractivity contribution is 0.102. The average Bonchev–Trinajstić information content (AvgIpc) is 3.12. The molecule has 2 heterocycles. The molecule has 3 rings (SSSR count). The predicted octanol–water partition coefficient (Wildman–Crippen LogP) is 5.04. The zero-order valence-electron chi connectivity index (χ0n) is 12.6. The van der Waals surface area contributed by atoms with Crippen molar-refractivity contribution < 1.29 is 13.6 Å². The lowest BCUT2D eigenvalue weighted by Gasteiger charge is -2.04. The average molecular weight is 403 g/mol. The van der Waals surface area contributed by atoms with E-state index >= 15 is 0 Å². The molecule has 0 saturated carbocycles. The Hall–Kier alpha value is -2.03. The van der Waals surface area contributed by atoms with Gasteiger partial charge in [0.2, 0.25) is 0 Å². The first-order valence-corrected chi connectivity index (χ1v) is 8.52. The van der Waals surface area contributed by atoms with Crippen molar-refractivity contribution in [1.29, 1.82) is 0 Å². The van der Waals surface area contributed by atoms with Crippen LogP contribution in [0.3, 0.4) is 0 Å². The zero-order chi connectivity index (χ0) is 18.1. The quantitative estimate of drug-likeness (QED) is 0.664. The Kier molecular flexibility index (Phi) is 5.03. The van der Waals surface area contributed by atoms with Gasteiger partial charge in [-0.3, -0.25) is 9.48 Å². The smallest absolute Gasteiger partial charge is 0.282 e. The van der Waals surface area contributed by atoms with Gasteiger partial charge in [-0.1, -0.05) is 23.2 Å². The second-order valence-electron chi connectivity index (χ2n) is 5.05. The van der Waals surface area contributed by atoms with Crippen LogP contribution in [0.2, 0.25) is 10.0 Å². The van der Waals surface area contributed by atoms with E-state index in [2.05, 4.69) is 15.4 Å². The van der Waals surface area contributed by atoms with Crippen LogP contribution < -0.4 is 5.32 Å². The molecule has 0 unspecified atom stereocenters. The van der Waals surface area contributed by atoms with E-state index in [1.54, 1.807) is 7.05 Å². The molecular weight excluding hydrogens is 393 g/mol. The van der Waals surface area contributed by atoms with E-state index < -0.39 is 12.3 Å². The first-order chi connectivity index (χ1) is 11.8. The molecule has 130 valence electrons. The molecule has 0 saturated heterocycles. The Bertz CT molecular complexity index is 921. The highest BCUT2D eigenvalue weighted by molar-refractivity contribution is 7.13. The number of carbonyl (C=O) groups excluding carboxylic acids is 1. The third kappa shape index (κ3) is 3.97. The number of benzene rings is 1. The summed E-state index contributed by atoms with van der Waals surface area (Å²) >= 11 is 12.8. The van der Waals surface area contributed by atoms with E-state index in [1.807, 2.05) is 0 Å². The molecule has 0 fully saturated rings. The second kappa shape index (κ2) is 7.07. The molecule has 1 aromatic carbocycles. The molecule has 5 nitrogen and oxygen atoms in total. The fourth-order valence-corrected chi connectivity index (χ4v) is 3.50. The molecule has 1 amide bonds. The van der Waals surface area contributed by atoms with E-state index in [9.17, 15) is 13.6 Å². The topological polar surface area (TPSA) is 59.8 Å². The number of halogens is 4. The van der Waals surface area contributed by atoms with Crippen LogP contribution in [0.1, 0.15) is 22.6 Å². The number of alkyl halides is 2. The number of nitrogens with one attached hydrogen (secondary N) is 1. The van der Waals surface area contributed by atoms with Crippen LogP contribution in [0, 0.1) is 0 Å². The standard InChI is InChI=1S/C15H10Cl2F2N4OS/c1-23-5-10(12(22-23)13(18)19)15-21-11(6-25-15)14(24)20-9-3-7(16)2-8(17)4-9/h2-6,13H,1H3,(H,20,24). The third-order valence-electron chi connectivity index (χ3n) is 3.15. The minimum absolute atomic E-state index is 0.0974. The Morgan fingerprint density at radius 2 is 1.96 bits per heavy atom. The van der Waals surface area contributed by atoms with Gasteiger partial charge in [-0.05, 0) is 18.2 Å². The summed E-state index contributed by atoms with van der Waals surface area (Å²) < 4.78 is 27.4. The molecule has 0 radical (unpaired) electrons. The molecular formula is C15H10Cl2F2N4OS. The summed E-state index contributed by atoms with van der Waals surface area (Å²) in [7, 11) is 1.54. The minimum atomic E-state index is -2.73. The van der Waals surface area contributed by atoms with Crippen LogP contribution >= 0.6 is 34.5 Å². The summed E-state index contributed by atoms with van der Waals surface area (Å²) in [5, 5.41) is 8.87. The van der Waals surface area contributed by atoms with Crippen molar-refractivity contribution in [3.05, 3.63) is 51.2 Å². The largest absolute Gasteiger partial charge is 0.321 e. The van der Waals surface area contributed by atoms with Gasteiger partial charge < -0.3 is 5.32 Å². The summed E-state index contributed by atoms with van der Waals surface area (Å²) in [6.07, 6.45) is -1.29. The predicted molar refractivity (Wildman–Crippen MR) is 93.7 cm³/mol. The first kappa shape index (κ1) is 17.8. The summed E-state index contributed by atoms with van der Waals surface area (Å²) in [4.78, 5) is 16.4. The number of aromatic nitrogens is 3. The van der Waals surface area contributed by atoms with Gasteiger partial charge >= 0.3 is 0 Å². The molecule has 3 aromatic rings. The van der Waals surface area contributed by atoms with Crippen molar-refractivity contribution in [1.82, 2.24) is 14.8 Å². The molecule has 10 heteroatoms. The molecule has 0 aliphatic rings. The Balaban J connectivity index is 1.85. The van der Waals surface area contributed by atoms with Crippen molar-refractivity contribution in [2.75, 3.05) is 5.32 Å². The maximum absolute atomic E-state index is 13.1. The van der Waals surface area contributed by atoms with Crippen molar-refractivity contribution in [3.8, 4) is 10.6 Å². The van der Waals surface area contributed by atoms with E-state index in [0.29, 0.717) is 15.7 Å². The van der Waals surface area contributed by atoms with Crippen LogP contribution in [-0.4, -0.2) is 20.7 Å². The zero-order valence-corrected chi connectivity index (χ0v) is 15.0. The summed E-state index contributed by atoms with van der Waals surface area (Å²) in [5.41, 5.74) is 0.338. The third-order valence-corrected chi connectivity index (χ3v) is 4.46. The Morgan fingerprint density at radius 3 is 2.60 bits per heavy atom. The highest BCUT2D eigenvalue weighted by Crippen LogP contribution is 2.32. The number of nitrogens with zero attached hydrogens (tertiary/aromatic N) is 3. The van der Waals surface area contributed by atoms with Crippen LogP contribution in [0.5, 0.6) is 0 Å². The second-order valence-corrected chi connectivity index (χ2v) is 6.78. The monoisotopic (exact) mass is 402 g/mol. The fraction of sp³-hybridized carbons (Fsp3) is 0.133. The van der Waals surface area contributed by atoms with E-state index in [0.717, 1.165) is 11.3 Å². The number of rotatable bonds is 4. The van der Waals surface area contributed by atoms with Gasteiger partial charge in [0.25, 0.3) is 12.3 Å². The number of anilines is 1. The maximum Gasteiger partial charge on any atom is 0.282 e. The molecule has 0 bridgehead atoms. The van der Waals surface area contributed by atoms with Crippen molar-refractivity contribution in [3.63, 3.8) is 0 Å². The van der Waals surface area contributed by atoms with E-state index in [-0.39, 0.29) is 22.0 Å². The van der Waals surface area contributed by atoms with Gasteiger partial charge in [0, 0.05) is 34.4 Å². The van der Waals surface area contributed by atoms with Crippen molar-refractivity contribution in [2.45, 2.75) is 6.43 Å². The highest BCUT2D eigenvalue weighted by Gasteiger charge is 2.22. The highest BCUT2D eigenvalue weighted by atomic mass is 35.5. The van der Waals surface area contributed by atoms with Crippen LogP contribution in [0.15, 0.2) is 29.8 Å². The van der Waals surface area contributed by atoms with Gasteiger partial charge in [-0.25, -0.2) is 13.8 Å². The van der Waals surface area contributed by atoms with Crippen LogP contribution in [0.4, 0.5) is 14.5 Å². The number of carbonyl (C=O) groups is 1. The number of hydrogen-bond acceptors (Lipinski definition) is 4. The number of hydrogen-bond donors (Lipinski definition) is 1. The maximum atomic E-state index is 13.1.